The second-order valence-electron chi connectivity index (χ2n) is 5.56. The predicted molar refractivity (Wildman–Crippen MR) is 78.1 cm³/mol. The maximum Gasteiger partial charge on any atom is 0.231 e. The third-order valence-corrected chi connectivity index (χ3v) is 4.14. The standard InChI is InChI=1S/C17H17FN2O/c1-12(13-6-10-19-11-7-13)20-16(21)17(8-9-17)14-2-4-15(18)5-3-14/h2-7,10-12H,8-9H2,1H3,(H,20,21)/t12-/m0/s1. The van der Waals surface area contributed by atoms with Crippen LogP contribution in [0.2, 0.25) is 0 Å². The summed E-state index contributed by atoms with van der Waals surface area (Å²) in [4.78, 5) is 16.6. The number of carbonyl (C=O) groups is 1. The van der Waals surface area contributed by atoms with Crippen molar-refractivity contribution in [1.82, 2.24) is 10.3 Å². The van der Waals surface area contributed by atoms with E-state index in [1.807, 2.05) is 19.1 Å². The number of hydrogen-bond donors (Lipinski definition) is 1. The van der Waals surface area contributed by atoms with E-state index >= 15 is 0 Å². The Bertz CT molecular complexity index is 636. The molecular formula is C17H17FN2O. The molecule has 1 saturated carbocycles. The summed E-state index contributed by atoms with van der Waals surface area (Å²) in [6.07, 6.45) is 5.05. The third kappa shape index (κ3) is 2.66. The highest BCUT2D eigenvalue weighted by molar-refractivity contribution is 5.91. The first-order chi connectivity index (χ1) is 10.1. The van der Waals surface area contributed by atoms with Gasteiger partial charge in [-0.05, 0) is 55.2 Å². The maximum absolute atomic E-state index is 13.0. The summed E-state index contributed by atoms with van der Waals surface area (Å²) in [5, 5.41) is 3.05. The van der Waals surface area contributed by atoms with E-state index in [0.717, 1.165) is 24.0 Å². The van der Waals surface area contributed by atoms with Crippen molar-refractivity contribution in [2.24, 2.45) is 0 Å². The van der Waals surface area contributed by atoms with E-state index in [1.165, 1.54) is 12.1 Å². The van der Waals surface area contributed by atoms with Gasteiger partial charge in [0.05, 0.1) is 11.5 Å². The maximum atomic E-state index is 13.0. The van der Waals surface area contributed by atoms with Crippen molar-refractivity contribution in [1.29, 1.82) is 0 Å². The van der Waals surface area contributed by atoms with Crippen molar-refractivity contribution in [2.75, 3.05) is 0 Å². The molecule has 1 aliphatic carbocycles. The highest BCUT2D eigenvalue weighted by atomic mass is 19.1. The molecular weight excluding hydrogens is 267 g/mol. The number of halogens is 1. The molecule has 0 spiro atoms. The number of nitrogens with one attached hydrogen (secondary N) is 1. The second-order valence-corrected chi connectivity index (χ2v) is 5.56. The third-order valence-electron chi connectivity index (χ3n) is 4.14. The van der Waals surface area contributed by atoms with Gasteiger partial charge in [-0.3, -0.25) is 9.78 Å². The quantitative estimate of drug-likeness (QED) is 0.937. The van der Waals surface area contributed by atoms with Crippen molar-refractivity contribution in [3.63, 3.8) is 0 Å². The molecule has 0 saturated heterocycles. The summed E-state index contributed by atoms with van der Waals surface area (Å²) in [6, 6.07) is 9.95. The van der Waals surface area contributed by atoms with Crippen LogP contribution in [0.15, 0.2) is 48.8 Å². The molecule has 0 bridgehead atoms. The number of carbonyl (C=O) groups excluding carboxylic acids is 1. The fourth-order valence-electron chi connectivity index (χ4n) is 2.61. The van der Waals surface area contributed by atoms with Crippen molar-refractivity contribution in [3.8, 4) is 0 Å². The van der Waals surface area contributed by atoms with E-state index in [4.69, 9.17) is 0 Å². The number of hydrogen-bond acceptors (Lipinski definition) is 2. The fraction of sp³-hybridized carbons (Fsp3) is 0.294. The van der Waals surface area contributed by atoms with Gasteiger partial charge >= 0.3 is 0 Å². The summed E-state index contributed by atoms with van der Waals surface area (Å²) in [5.41, 5.74) is 1.44. The van der Waals surface area contributed by atoms with Crippen molar-refractivity contribution in [2.45, 2.75) is 31.2 Å². The lowest BCUT2D eigenvalue weighted by Gasteiger charge is -2.20. The van der Waals surface area contributed by atoms with Crippen LogP contribution in [0.5, 0.6) is 0 Å². The molecule has 21 heavy (non-hydrogen) atoms. The zero-order valence-corrected chi connectivity index (χ0v) is 11.8. The molecule has 4 heteroatoms. The van der Waals surface area contributed by atoms with Gasteiger partial charge in [-0.1, -0.05) is 12.1 Å². The van der Waals surface area contributed by atoms with Gasteiger partial charge in [0.25, 0.3) is 0 Å². The molecule has 1 heterocycles. The second kappa shape index (κ2) is 5.28. The zero-order valence-electron chi connectivity index (χ0n) is 11.8. The monoisotopic (exact) mass is 284 g/mol. The Hall–Kier alpha value is -2.23. The number of rotatable bonds is 4. The molecule has 2 aromatic rings. The molecule has 0 unspecified atom stereocenters. The Kier molecular flexibility index (Phi) is 3.45. The summed E-state index contributed by atoms with van der Waals surface area (Å²) >= 11 is 0. The Morgan fingerprint density at radius 3 is 2.38 bits per heavy atom. The highest BCUT2D eigenvalue weighted by Gasteiger charge is 2.51. The minimum atomic E-state index is -0.477. The van der Waals surface area contributed by atoms with Crippen LogP contribution in [-0.2, 0) is 10.2 Å². The largest absolute Gasteiger partial charge is 0.349 e. The molecule has 1 amide bonds. The normalized spacial score (nSPS) is 17.0. The van der Waals surface area contributed by atoms with Gasteiger partial charge in [-0.2, -0.15) is 0 Å². The number of nitrogens with zero attached hydrogens (tertiary/aromatic N) is 1. The van der Waals surface area contributed by atoms with Crippen molar-refractivity contribution < 1.29 is 9.18 Å². The minimum absolute atomic E-state index is 0.0124. The van der Waals surface area contributed by atoms with Crippen molar-refractivity contribution in [3.05, 3.63) is 65.7 Å². The Balaban J connectivity index is 1.75. The number of pyridine rings is 1. The van der Waals surface area contributed by atoms with Crippen molar-refractivity contribution >= 4 is 5.91 Å². The number of aromatic nitrogens is 1. The van der Waals surface area contributed by atoms with Crippen LogP contribution in [0, 0.1) is 5.82 Å². The molecule has 0 aliphatic heterocycles. The molecule has 1 aliphatic rings. The van der Waals surface area contributed by atoms with E-state index in [9.17, 15) is 9.18 Å². The summed E-state index contributed by atoms with van der Waals surface area (Å²) in [7, 11) is 0. The topological polar surface area (TPSA) is 42.0 Å². The lowest BCUT2D eigenvalue weighted by Crippen LogP contribution is -2.36. The summed E-state index contributed by atoms with van der Waals surface area (Å²) < 4.78 is 13.0. The van der Waals surface area contributed by atoms with E-state index in [1.54, 1.807) is 24.5 Å². The molecule has 1 fully saturated rings. The Morgan fingerprint density at radius 2 is 1.81 bits per heavy atom. The lowest BCUT2D eigenvalue weighted by molar-refractivity contribution is -0.124. The van der Waals surface area contributed by atoms with Crippen LogP contribution in [0.25, 0.3) is 0 Å². The first kappa shape index (κ1) is 13.7. The van der Waals surface area contributed by atoms with E-state index in [-0.39, 0.29) is 17.8 Å². The molecule has 108 valence electrons. The molecule has 1 atom stereocenters. The average Bonchev–Trinajstić information content (AvgIpc) is 3.30. The molecule has 1 aromatic carbocycles. The predicted octanol–water partition coefficient (Wildman–Crippen LogP) is 3.13. The van der Waals surface area contributed by atoms with Gasteiger partial charge in [0.2, 0.25) is 5.91 Å². The van der Waals surface area contributed by atoms with Crippen LogP contribution in [0.1, 0.15) is 36.9 Å². The fourth-order valence-corrected chi connectivity index (χ4v) is 2.61. The number of benzene rings is 1. The molecule has 3 rings (SSSR count). The van der Waals surface area contributed by atoms with Crippen LogP contribution in [0.4, 0.5) is 4.39 Å². The van der Waals surface area contributed by atoms with Crippen LogP contribution < -0.4 is 5.32 Å². The highest BCUT2D eigenvalue weighted by Crippen LogP contribution is 2.48. The summed E-state index contributed by atoms with van der Waals surface area (Å²) in [6.45, 7) is 1.95. The number of amides is 1. The molecule has 0 radical (unpaired) electrons. The first-order valence-corrected chi connectivity index (χ1v) is 7.09. The van der Waals surface area contributed by atoms with Crippen LogP contribution >= 0.6 is 0 Å². The van der Waals surface area contributed by atoms with Crippen LogP contribution in [-0.4, -0.2) is 10.9 Å². The molecule has 3 nitrogen and oxygen atoms in total. The SMILES string of the molecule is C[C@H](NC(=O)C1(c2ccc(F)cc2)CC1)c1ccncc1. The Morgan fingerprint density at radius 1 is 1.19 bits per heavy atom. The van der Waals surface area contributed by atoms with Gasteiger partial charge < -0.3 is 5.32 Å². The van der Waals surface area contributed by atoms with Gasteiger partial charge in [0, 0.05) is 12.4 Å². The minimum Gasteiger partial charge on any atom is -0.349 e. The van der Waals surface area contributed by atoms with Gasteiger partial charge in [0.15, 0.2) is 0 Å². The van der Waals surface area contributed by atoms with E-state index in [2.05, 4.69) is 10.3 Å². The van der Waals surface area contributed by atoms with Gasteiger partial charge in [-0.15, -0.1) is 0 Å². The average molecular weight is 284 g/mol. The smallest absolute Gasteiger partial charge is 0.231 e. The zero-order chi connectivity index (χ0) is 14.9. The Labute approximate surface area is 123 Å². The van der Waals surface area contributed by atoms with E-state index < -0.39 is 5.41 Å². The van der Waals surface area contributed by atoms with Crippen LogP contribution in [0.3, 0.4) is 0 Å². The van der Waals surface area contributed by atoms with E-state index in [0.29, 0.717) is 0 Å². The molecule has 1 aromatic heterocycles. The van der Waals surface area contributed by atoms with Gasteiger partial charge in [0.1, 0.15) is 5.82 Å². The molecule has 1 N–H and O–H groups in total. The lowest BCUT2D eigenvalue weighted by atomic mass is 9.94. The first-order valence-electron chi connectivity index (χ1n) is 7.09. The van der Waals surface area contributed by atoms with Gasteiger partial charge in [-0.25, -0.2) is 4.39 Å². The summed E-state index contributed by atoms with van der Waals surface area (Å²) in [5.74, 6) is -0.265.